The van der Waals surface area contributed by atoms with Crippen LogP contribution in [0.5, 0.6) is 11.5 Å². The molecule has 2 aromatic rings. The van der Waals surface area contributed by atoms with Crippen LogP contribution in [-0.4, -0.2) is 25.3 Å². The Kier molecular flexibility index (Phi) is 4.25. The minimum absolute atomic E-state index is 0.00887. The average molecular weight is 272 g/mol. The molecule has 0 spiro atoms. The summed E-state index contributed by atoms with van der Waals surface area (Å²) in [5.41, 5.74) is 2.62. The maximum atomic E-state index is 10.8. The van der Waals surface area contributed by atoms with Gasteiger partial charge in [-0.2, -0.15) is 0 Å². The van der Waals surface area contributed by atoms with Gasteiger partial charge in [0.05, 0.1) is 20.6 Å². The molecular formula is C16H16O4. The molecule has 104 valence electrons. The summed E-state index contributed by atoms with van der Waals surface area (Å²) < 4.78 is 10.5. The normalized spacial score (nSPS) is 10.1. The van der Waals surface area contributed by atoms with Crippen molar-refractivity contribution in [3.05, 3.63) is 48.0 Å². The molecule has 0 bridgehead atoms. The highest BCUT2D eigenvalue weighted by Gasteiger charge is 2.06. The van der Waals surface area contributed by atoms with Gasteiger partial charge in [-0.25, -0.2) is 0 Å². The minimum Gasteiger partial charge on any atom is -0.497 e. The number of hydrogen-bond acceptors (Lipinski definition) is 3. The van der Waals surface area contributed by atoms with Gasteiger partial charge in [-0.1, -0.05) is 24.3 Å². The molecule has 0 aliphatic rings. The van der Waals surface area contributed by atoms with Gasteiger partial charge in [-0.15, -0.1) is 0 Å². The van der Waals surface area contributed by atoms with E-state index < -0.39 is 5.97 Å². The summed E-state index contributed by atoms with van der Waals surface area (Å²) in [7, 11) is 3.19. The molecule has 0 radical (unpaired) electrons. The lowest BCUT2D eigenvalue weighted by atomic mass is 10.0. The van der Waals surface area contributed by atoms with E-state index in [1.807, 2.05) is 30.3 Å². The molecular weight excluding hydrogens is 256 g/mol. The first kappa shape index (κ1) is 13.9. The van der Waals surface area contributed by atoms with E-state index in [1.54, 1.807) is 26.4 Å². The molecule has 2 rings (SSSR count). The summed E-state index contributed by atoms with van der Waals surface area (Å²) in [6.45, 7) is 0. The van der Waals surface area contributed by atoms with Crippen LogP contribution in [0.2, 0.25) is 0 Å². The Bertz CT molecular complexity index is 597. The van der Waals surface area contributed by atoms with Gasteiger partial charge in [-0.05, 0) is 28.8 Å². The minimum atomic E-state index is -0.842. The van der Waals surface area contributed by atoms with E-state index >= 15 is 0 Å². The predicted octanol–water partition coefficient (Wildman–Crippen LogP) is 3.00. The van der Waals surface area contributed by atoms with E-state index in [0.29, 0.717) is 11.5 Å². The van der Waals surface area contributed by atoms with Gasteiger partial charge in [0.15, 0.2) is 0 Å². The first-order chi connectivity index (χ1) is 9.62. The molecule has 0 amide bonds. The molecule has 0 unspecified atom stereocenters. The second kappa shape index (κ2) is 6.10. The van der Waals surface area contributed by atoms with Crippen LogP contribution < -0.4 is 9.47 Å². The maximum Gasteiger partial charge on any atom is 0.307 e. The molecule has 0 saturated heterocycles. The van der Waals surface area contributed by atoms with Gasteiger partial charge in [0.25, 0.3) is 0 Å². The van der Waals surface area contributed by atoms with Crippen LogP contribution >= 0.6 is 0 Å². The number of ether oxygens (including phenoxy) is 2. The highest BCUT2D eigenvalue weighted by atomic mass is 16.5. The molecule has 1 N–H and O–H groups in total. The van der Waals surface area contributed by atoms with Crippen LogP contribution in [0.15, 0.2) is 42.5 Å². The molecule has 4 heteroatoms. The number of aliphatic carboxylic acids is 1. The molecule has 0 atom stereocenters. The van der Waals surface area contributed by atoms with Crippen molar-refractivity contribution in [1.82, 2.24) is 0 Å². The van der Waals surface area contributed by atoms with E-state index in [9.17, 15) is 4.79 Å². The van der Waals surface area contributed by atoms with Crippen LogP contribution in [0.1, 0.15) is 5.56 Å². The van der Waals surface area contributed by atoms with Crippen molar-refractivity contribution in [3.63, 3.8) is 0 Å². The Morgan fingerprint density at radius 1 is 1.00 bits per heavy atom. The molecule has 2 aromatic carbocycles. The van der Waals surface area contributed by atoms with E-state index in [1.165, 1.54) is 0 Å². The second-order valence-corrected chi connectivity index (χ2v) is 4.37. The molecule has 20 heavy (non-hydrogen) atoms. The fourth-order valence-corrected chi connectivity index (χ4v) is 2.01. The standard InChI is InChI=1S/C16H16O4/c1-19-14-8-13(9-15(10-14)20-2)12-5-3-4-11(6-12)7-16(17)18/h3-6,8-10H,7H2,1-2H3,(H,17,18). The van der Waals surface area contributed by atoms with Gasteiger partial charge in [0, 0.05) is 6.07 Å². The Balaban J connectivity index is 2.42. The lowest BCUT2D eigenvalue weighted by molar-refractivity contribution is -0.136. The Morgan fingerprint density at radius 3 is 2.20 bits per heavy atom. The van der Waals surface area contributed by atoms with E-state index in [0.717, 1.165) is 16.7 Å². The third-order valence-corrected chi connectivity index (χ3v) is 2.97. The largest absolute Gasteiger partial charge is 0.497 e. The zero-order valence-corrected chi connectivity index (χ0v) is 11.4. The van der Waals surface area contributed by atoms with Gasteiger partial charge in [0.2, 0.25) is 0 Å². The highest BCUT2D eigenvalue weighted by molar-refractivity contribution is 5.73. The highest BCUT2D eigenvalue weighted by Crippen LogP contribution is 2.30. The first-order valence-corrected chi connectivity index (χ1v) is 6.16. The van der Waals surface area contributed by atoms with Crippen molar-refractivity contribution in [3.8, 4) is 22.6 Å². The Labute approximate surface area is 117 Å². The van der Waals surface area contributed by atoms with Gasteiger partial charge < -0.3 is 14.6 Å². The summed E-state index contributed by atoms with van der Waals surface area (Å²) in [5.74, 6) is 0.552. The van der Waals surface area contributed by atoms with E-state index in [-0.39, 0.29) is 6.42 Å². The molecule has 0 aliphatic carbocycles. The third kappa shape index (κ3) is 3.29. The molecule has 0 saturated carbocycles. The van der Waals surface area contributed by atoms with Crippen molar-refractivity contribution in [2.24, 2.45) is 0 Å². The molecule has 0 fully saturated rings. The second-order valence-electron chi connectivity index (χ2n) is 4.37. The Hall–Kier alpha value is -2.49. The topological polar surface area (TPSA) is 55.8 Å². The number of rotatable bonds is 5. The lowest BCUT2D eigenvalue weighted by Gasteiger charge is -2.09. The first-order valence-electron chi connectivity index (χ1n) is 6.16. The zero-order valence-electron chi connectivity index (χ0n) is 11.4. The number of carbonyl (C=O) groups is 1. The summed E-state index contributed by atoms with van der Waals surface area (Å²) in [6.07, 6.45) is 0.00887. The van der Waals surface area contributed by atoms with Crippen molar-refractivity contribution in [2.45, 2.75) is 6.42 Å². The number of carboxylic acids is 1. The number of hydrogen-bond donors (Lipinski definition) is 1. The SMILES string of the molecule is COc1cc(OC)cc(-c2cccc(CC(=O)O)c2)c1. The maximum absolute atomic E-state index is 10.8. The zero-order chi connectivity index (χ0) is 14.5. The molecule has 0 heterocycles. The summed E-state index contributed by atoms with van der Waals surface area (Å²) in [4.78, 5) is 10.8. The van der Waals surface area contributed by atoms with Crippen LogP contribution in [0.4, 0.5) is 0 Å². The van der Waals surface area contributed by atoms with E-state index in [4.69, 9.17) is 14.6 Å². The summed E-state index contributed by atoms with van der Waals surface area (Å²) >= 11 is 0. The molecule has 4 nitrogen and oxygen atoms in total. The lowest BCUT2D eigenvalue weighted by Crippen LogP contribution is -1.99. The van der Waals surface area contributed by atoms with Crippen LogP contribution in [0.3, 0.4) is 0 Å². The summed E-state index contributed by atoms with van der Waals surface area (Å²) in [6, 6.07) is 13.0. The van der Waals surface area contributed by atoms with Crippen LogP contribution in [-0.2, 0) is 11.2 Å². The molecule has 0 aromatic heterocycles. The average Bonchev–Trinajstić information content (AvgIpc) is 2.46. The van der Waals surface area contributed by atoms with Crippen molar-refractivity contribution in [1.29, 1.82) is 0 Å². The fourth-order valence-electron chi connectivity index (χ4n) is 2.01. The predicted molar refractivity (Wildman–Crippen MR) is 76.3 cm³/mol. The third-order valence-electron chi connectivity index (χ3n) is 2.97. The van der Waals surface area contributed by atoms with Gasteiger partial charge in [0.1, 0.15) is 11.5 Å². The van der Waals surface area contributed by atoms with Crippen LogP contribution in [0.25, 0.3) is 11.1 Å². The van der Waals surface area contributed by atoms with Crippen LogP contribution in [0, 0.1) is 0 Å². The van der Waals surface area contributed by atoms with Crippen molar-refractivity contribution in [2.75, 3.05) is 14.2 Å². The van der Waals surface area contributed by atoms with Gasteiger partial charge >= 0.3 is 5.97 Å². The number of methoxy groups -OCH3 is 2. The van der Waals surface area contributed by atoms with Crippen molar-refractivity contribution >= 4 is 5.97 Å². The molecule has 0 aliphatic heterocycles. The van der Waals surface area contributed by atoms with E-state index in [2.05, 4.69) is 0 Å². The smallest absolute Gasteiger partial charge is 0.307 e. The number of carboxylic acid groups (broad SMARTS) is 1. The monoisotopic (exact) mass is 272 g/mol. The van der Waals surface area contributed by atoms with Crippen molar-refractivity contribution < 1.29 is 19.4 Å². The van der Waals surface area contributed by atoms with Gasteiger partial charge in [-0.3, -0.25) is 4.79 Å². The Morgan fingerprint density at radius 2 is 1.65 bits per heavy atom. The quantitative estimate of drug-likeness (QED) is 0.909. The summed E-state index contributed by atoms with van der Waals surface area (Å²) in [5, 5.41) is 8.85. The number of benzene rings is 2. The fraction of sp³-hybridized carbons (Fsp3) is 0.188.